The molecule has 1 amide bonds. The lowest BCUT2D eigenvalue weighted by molar-refractivity contribution is -0.124. The molecular formula is C13H17NO3. The molecule has 1 heterocycles. The summed E-state index contributed by atoms with van der Waals surface area (Å²) < 4.78 is 5.30. The molecule has 1 aromatic carbocycles. The fourth-order valence-corrected chi connectivity index (χ4v) is 1.89. The highest BCUT2D eigenvalue weighted by molar-refractivity contribution is 5.94. The van der Waals surface area contributed by atoms with Crippen molar-refractivity contribution < 1.29 is 14.6 Å². The van der Waals surface area contributed by atoms with Crippen molar-refractivity contribution in [2.45, 2.75) is 25.4 Å². The predicted molar refractivity (Wildman–Crippen MR) is 64.8 cm³/mol. The fraction of sp³-hybridized carbons (Fsp3) is 0.462. The molecule has 0 aliphatic carbocycles. The van der Waals surface area contributed by atoms with Gasteiger partial charge in [-0.3, -0.25) is 4.79 Å². The molecule has 1 fully saturated rings. The number of aliphatic hydroxyl groups excluding tert-OH is 1. The van der Waals surface area contributed by atoms with E-state index < -0.39 is 0 Å². The normalized spacial score (nSPS) is 19.2. The van der Waals surface area contributed by atoms with Gasteiger partial charge in [0.25, 0.3) is 5.91 Å². The fourth-order valence-electron chi connectivity index (χ4n) is 1.89. The van der Waals surface area contributed by atoms with E-state index in [1.165, 1.54) is 0 Å². The van der Waals surface area contributed by atoms with Crippen LogP contribution in [-0.2, 0) is 16.0 Å². The average molecular weight is 235 g/mol. The molecule has 0 unspecified atom stereocenters. The van der Waals surface area contributed by atoms with E-state index in [2.05, 4.69) is 5.32 Å². The average Bonchev–Trinajstić information content (AvgIpc) is 2.86. The zero-order valence-electron chi connectivity index (χ0n) is 9.69. The second-order valence-electron chi connectivity index (χ2n) is 4.16. The van der Waals surface area contributed by atoms with Gasteiger partial charge in [0.15, 0.2) is 0 Å². The first kappa shape index (κ1) is 12.1. The number of rotatable bonds is 4. The number of benzene rings is 1. The van der Waals surface area contributed by atoms with E-state index >= 15 is 0 Å². The van der Waals surface area contributed by atoms with E-state index in [9.17, 15) is 4.79 Å². The quantitative estimate of drug-likeness (QED) is 0.828. The Balaban J connectivity index is 1.91. The Hall–Kier alpha value is -1.39. The van der Waals surface area contributed by atoms with Gasteiger partial charge in [-0.2, -0.15) is 0 Å². The van der Waals surface area contributed by atoms with Crippen molar-refractivity contribution in [3.05, 3.63) is 29.8 Å². The minimum Gasteiger partial charge on any atom is -0.396 e. The van der Waals surface area contributed by atoms with Gasteiger partial charge < -0.3 is 15.2 Å². The third-order valence-corrected chi connectivity index (χ3v) is 2.84. The van der Waals surface area contributed by atoms with Gasteiger partial charge in [-0.1, -0.05) is 12.1 Å². The van der Waals surface area contributed by atoms with Crippen LogP contribution >= 0.6 is 0 Å². The topological polar surface area (TPSA) is 58.6 Å². The van der Waals surface area contributed by atoms with Crippen LogP contribution in [0.3, 0.4) is 0 Å². The number of aliphatic hydroxyl groups is 1. The van der Waals surface area contributed by atoms with Crippen LogP contribution in [0.4, 0.5) is 5.69 Å². The van der Waals surface area contributed by atoms with E-state index in [1.54, 1.807) is 0 Å². The molecule has 0 saturated carbocycles. The maximum absolute atomic E-state index is 11.7. The minimum atomic E-state index is -0.299. The first-order valence-electron chi connectivity index (χ1n) is 5.92. The summed E-state index contributed by atoms with van der Waals surface area (Å²) in [7, 11) is 0. The van der Waals surface area contributed by atoms with Crippen molar-refractivity contribution in [2.75, 3.05) is 18.5 Å². The molecule has 1 aliphatic rings. The predicted octanol–water partition coefficient (Wildman–Crippen LogP) is 1.34. The van der Waals surface area contributed by atoms with Crippen molar-refractivity contribution >= 4 is 11.6 Å². The Bertz CT molecular complexity index is 369. The molecule has 0 spiro atoms. The van der Waals surface area contributed by atoms with Crippen LogP contribution in [0.1, 0.15) is 18.4 Å². The maximum atomic E-state index is 11.7. The first-order chi connectivity index (χ1) is 8.29. The molecule has 0 bridgehead atoms. The van der Waals surface area contributed by atoms with Gasteiger partial charge in [-0.25, -0.2) is 0 Å². The minimum absolute atomic E-state index is 0.0718. The molecule has 0 radical (unpaired) electrons. The van der Waals surface area contributed by atoms with Crippen LogP contribution < -0.4 is 5.32 Å². The van der Waals surface area contributed by atoms with E-state index in [0.29, 0.717) is 13.0 Å². The molecule has 0 aromatic heterocycles. The van der Waals surface area contributed by atoms with E-state index in [4.69, 9.17) is 9.84 Å². The summed E-state index contributed by atoms with van der Waals surface area (Å²) in [6.07, 6.45) is 2.09. The molecule has 2 N–H and O–H groups in total. The van der Waals surface area contributed by atoms with Crippen molar-refractivity contribution in [2.24, 2.45) is 0 Å². The Morgan fingerprint density at radius 2 is 2.18 bits per heavy atom. The summed E-state index contributed by atoms with van der Waals surface area (Å²) in [6, 6.07) is 7.50. The lowest BCUT2D eigenvalue weighted by atomic mass is 10.1. The van der Waals surface area contributed by atoms with Gasteiger partial charge in [0.05, 0.1) is 0 Å². The monoisotopic (exact) mass is 235 g/mol. The molecule has 1 aromatic rings. The number of carbonyl (C=O) groups is 1. The van der Waals surface area contributed by atoms with Crippen LogP contribution in [-0.4, -0.2) is 30.3 Å². The molecule has 1 saturated heterocycles. The van der Waals surface area contributed by atoms with Crippen molar-refractivity contribution in [3.63, 3.8) is 0 Å². The van der Waals surface area contributed by atoms with Crippen LogP contribution in [0, 0.1) is 0 Å². The van der Waals surface area contributed by atoms with Gasteiger partial charge in [-0.15, -0.1) is 0 Å². The second-order valence-corrected chi connectivity index (χ2v) is 4.16. The van der Waals surface area contributed by atoms with Gasteiger partial charge in [-0.05, 0) is 37.0 Å². The van der Waals surface area contributed by atoms with E-state index in [1.807, 2.05) is 24.3 Å². The Morgan fingerprint density at radius 3 is 2.76 bits per heavy atom. The number of carbonyl (C=O) groups excluding carboxylic acids is 1. The van der Waals surface area contributed by atoms with Gasteiger partial charge in [0.1, 0.15) is 6.10 Å². The highest BCUT2D eigenvalue weighted by atomic mass is 16.5. The largest absolute Gasteiger partial charge is 0.396 e. The number of ether oxygens (including phenoxy) is 1. The standard InChI is InChI=1S/C13H17NO3/c15-8-7-10-3-5-11(6-4-10)14-13(16)12-2-1-9-17-12/h3-6,12,15H,1-2,7-9H2,(H,14,16)/t12-/m0/s1. The van der Waals surface area contributed by atoms with Crippen LogP contribution in [0.2, 0.25) is 0 Å². The maximum Gasteiger partial charge on any atom is 0.253 e. The molecule has 17 heavy (non-hydrogen) atoms. The third-order valence-electron chi connectivity index (χ3n) is 2.84. The molecular weight excluding hydrogens is 218 g/mol. The summed E-state index contributed by atoms with van der Waals surface area (Å²) in [4.78, 5) is 11.7. The van der Waals surface area contributed by atoms with Crippen molar-refractivity contribution in [1.82, 2.24) is 0 Å². The molecule has 4 heteroatoms. The Kier molecular flexibility index (Phi) is 4.12. The van der Waals surface area contributed by atoms with Gasteiger partial charge >= 0.3 is 0 Å². The van der Waals surface area contributed by atoms with Crippen molar-refractivity contribution in [3.8, 4) is 0 Å². The van der Waals surface area contributed by atoms with Gasteiger partial charge in [0, 0.05) is 18.9 Å². The summed E-state index contributed by atoms with van der Waals surface area (Å²) in [5, 5.41) is 11.6. The summed E-state index contributed by atoms with van der Waals surface area (Å²) >= 11 is 0. The number of amides is 1. The Labute approximate surface area is 101 Å². The second kappa shape index (κ2) is 5.80. The van der Waals surface area contributed by atoms with E-state index in [0.717, 1.165) is 24.1 Å². The van der Waals surface area contributed by atoms with Crippen LogP contribution in [0.5, 0.6) is 0 Å². The molecule has 1 aliphatic heterocycles. The number of hydrogen-bond donors (Lipinski definition) is 2. The van der Waals surface area contributed by atoms with Crippen LogP contribution in [0.15, 0.2) is 24.3 Å². The smallest absolute Gasteiger partial charge is 0.253 e. The highest BCUT2D eigenvalue weighted by Crippen LogP contribution is 2.15. The van der Waals surface area contributed by atoms with Crippen molar-refractivity contribution in [1.29, 1.82) is 0 Å². The summed E-state index contributed by atoms with van der Waals surface area (Å²) in [5.74, 6) is -0.0718. The number of anilines is 1. The molecule has 2 rings (SSSR count). The summed E-state index contributed by atoms with van der Waals surface area (Å²) in [5.41, 5.74) is 1.83. The summed E-state index contributed by atoms with van der Waals surface area (Å²) in [6.45, 7) is 0.815. The molecule has 1 atom stereocenters. The Morgan fingerprint density at radius 1 is 1.41 bits per heavy atom. The number of hydrogen-bond acceptors (Lipinski definition) is 3. The SMILES string of the molecule is O=C(Nc1ccc(CCO)cc1)[C@@H]1CCCO1. The molecule has 92 valence electrons. The van der Waals surface area contributed by atoms with E-state index in [-0.39, 0.29) is 18.6 Å². The first-order valence-corrected chi connectivity index (χ1v) is 5.92. The number of nitrogens with one attached hydrogen (secondary N) is 1. The zero-order chi connectivity index (χ0) is 12.1. The molecule has 4 nitrogen and oxygen atoms in total. The van der Waals surface area contributed by atoms with Gasteiger partial charge in [0.2, 0.25) is 0 Å². The lowest BCUT2D eigenvalue weighted by Crippen LogP contribution is -2.26. The highest BCUT2D eigenvalue weighted by Gasteiger charge is 2.23. The zero-order valence-corrected chi connectivity index (χ0v) is 9.69. The van der Waals surface area contributed by atoms with Crippen LogP contribution in [0.25, 0.3) is 0 Å². The lowest BCUT2D eigenvalue weighted by Gasteiger charge is -2.10. The third kappa shape index (κ3) is 3.28.